The first-order valence-corrected chi connectivity index (χ1v) is 10.0. The number of carbonyl (C=O) groups excluding carboxylic acids is 1. The molecule has 0 N–H and O–H groups in total. The highest BCUT2D eigenvalue weighted by atomic mass is 19.1. The highest BCUT2D eigenvalue weighted by Gasteiger charge is 2.34. The van der Waals surface area contributed by atoms with Crippen LogP contribution in [0.25, 0.3) is 0 Å². The van der Waals surface area contributed by atoms with Crippen LogP contribution < -0.4 is 9.47 Å². The lowest BCUT2D eigenvalue weighted by Crippen LogP contribution is -2.43. The molecule has 0 unspecified atom stereocenters. The first-order chi connectivity index (χ1) is 14.7. The molecule has 0 bridgehead atoms. The van der Waals surface area contributed by atoms with Gasteiger partial charge in [-0.1, -0.05) is 18.2 Å². The van der Waals surface area contributed by atoms with Crippen molar-refractivity contribution in [2.24, 2.45) is 5.10 Å². The summed E-state index contributed by atoms with van der Waals surface area (Å²) in [6.07, 6.45) is 0.498. The second-order valence-electron chi connectivity index (χ2n) is 7.52. The van der Waals surface area contributed by atoms with Gasteiger partial charge < -0.3 is 14.2 Å². The van der Waals surface area contributed by atoms with E-state index in [0.29, 0.717) is 42.4 Å². The van der Waals surface area contributed by atoms with Crippen molar-refractivity contribution in [3.63, 3.8) is 0 Å². The quantitative estimate of drug-likeness (QED) is 0.774. The maximum Gasteiger partial charge on any atom is 0.257 e. The van der Waals surface area contributed by atoms with Gasteiger partial charge in [-0.2, -0.15) is 5.10 Å². The second kappa shape index (κ2) is 8.04. The van der Waals surface area contributed by atoms with E-state index in [0.717, 1.165) is 18.7 Å². The molecule has 0 radical (unpaired) electrons. The zero-order valence-corrected chi connectivity index (χ0v) is 16.4. The molecular formula is C22H22FN3O4. The van der Waals surface area contributed by atoms with Crippen molar-refractivity contribution in [1.82, 2.24) is 9.91 Å². The van der Waals surface area contributed by atoms with Crippen LogP contribution >= 0.6 is 0 Å². The van der Waals surface area contributed by atoms with Gasteiger partial charge in [0.05, 0.1) is 31.5 Å². The number of ether oxygens (including phenoxy) is 3. The number of hydrazone groups is 1. The van der Waals surface area contributed by atoms with Gasteiger partial charge in [0.15, 0.2) is 11.5 Å². The fourth-order valence-electron chi connectivity index (χ4n) is 3.99. The van der Waals surface area contributed by atoms with Gasteiger partial charge in [-0.25, -0.2) is 9.40 Å². The molecule has 0 saturated carbocycles. The predicted octanol–water partition coefficient (Wildman–Crippen LogP) is 2.56. The van der Waals surface area contributed by atoms with Crippen LogP contribution in [0, 0.1) is 5.82 Å². The van der Waals surface area contributed by atoms with E-state index in [-0.39, 0.29) is 31.1 Å². The molecule has 0 spiro atoms. The van der Waals surface area contributed by atoms with Crippen LogP contribution in [0.15, 0.2) is 47.6 Å². The number of amides is 1. The third kappa shape index (κ3) is 3.76. The summed E-state index contributed by atoms with van der Waals surface area (Å²) < 4.78 is 30.1. The van der Waals surface area contributed by atoms with Crippen LogP contribution in [-0.2, 0) is 9.53 Å². The van der Waals surface area contributed by atoms with Crippen LogP contribution in [0.3, 0.4) is 0 Å². The van der Waals surface area contributed by atoms with Crippen molar-refractivity contribution in [3.05, 3.63) is 59.4 Å². The Kier molecular flexibility index (Phi) is 5.10. The Morgan fingerprint density at radius 2 is 1.93 bits per heavy atom. The SMILES string of the molecule is O=C(CN1CCOCC1)N1N=C(c2cccc(F)c2)C[C@H]1c1ccc2c(c1)OCO2. The van der Waals surface area contributed by atoms with Crippen molar-refractivity contribution in [2.75, 3.05) is 39.6 Å². The van der Waals surface area contributed by atoms with Crippen molar-refractivity contribution < 1.29 is 23.4 Å². The van der Waals surface area contributed by atoms with E-state index in [2.05, 4.69) is 10.0 Å². The van der Waals surface area contributed by atoms with Crippen LogP contribution in [-0.4, -0.2) is 61.2 Å². The molecule has 156 valence electrons. The molecule has 2 aromatic rings. The van der Waals surface area contributed by atoms with Crippen molar-refractivity contribution in [1.29, 1.82) is 0 Å². The third-order valence-corrected chi connectivity index (χ3v) is 5.57. The van der Waals surface area contributed by atoms with Crippen LogP contribution in [0.4, 0.5) is 4.39 Å². The Labute approximate surface area is 173 Å². The minimum absolute atomic E-state index is 0.0917. The van der Waals surface area contributed by atoms with Gasteiger partial charge in [-0.3, -0.25) is 9.69 Å². The Morgan fingerprint density at radius 3 is 2.77 bits per heavy atom. The van der Waals surface area contributed by atoms with Crippen molar-refractivity contribution in [2.45, 2.75) is 12.5 Å². The Morgan fingerprint density at radius 1 is 1.10 bits per heavy atom. The molecule has 30 heavy (non-hydrogen) atoms. The van der Waals surface area contributed by atoms with Crippen LogP contribution in [0.2, 0.25) is 0 Å². The molecule has 3 aliphatic rings. The molecule has 1 saturated heterocycles. The molecule has 0 aromatic heterocycles. The average molecular weight is 411 g/mol. The molecule has 8 heteroatoms. The highest BCUT2D eigenvalue weighted by Crippen LogP contribution is 2.39. The maximum atomic E-state index is 13.8. The largest absolute Gasteiger partial charge is 0.454 e. The van der Waals surface area contributed by atoms with E-state index in [4.69, 9.17) is 14.2 Å². The number of halogens is 1. The second-order valence-corrected chi connectivity index (χ2v) is 7.52. The molecular weight excluding hydrogens is 389 g/mol. The van der Waals surface area contributed by atoms with Gasteiger partial charge in [0.25, 0.3) is 5.91 Å². The minimum atomic E-state index is -0.326. The molecule has 1 fully saturated rings. The van der Waals surface area contributed by atoms with Crippen LogP contribution in [0.5, 0.6) is 11.5 Å². The maximum absolute atomic E-state index is 13.8. The van der Waals surface area contributed by atoms with Crippen molar-refractivity contribution >= 4 is 11.6 Å². The summed E-state index contributed by atoms with van der Waals surface area (Å²) in [5, 5.41) is 6.15. The molecule has 3 aliphatic heterocycles. The lowest BCUT2D eigenvalue weighted by Gasteiger charge is -2.29. The zero-order chi connectivity index (χ0) is 20.5. The smallest absolute Gasteiger partial charge is 0.257 e. The van der Waals surface area contributed by atoms with E-state index >= 15 is 0 Å². The first kappa shape index (κ1) is 19.0. The minimum Gasteiger partial charge on any atom is -0.454 e. The summed E-state index contributed by atoms with van der Waals surface area (Å²) in [5.74, 6) is 0.931. The molecule has 7 nitrogen and oxygen atoms in total. The van der Waals surface area contributed by atoms with Crippen LogP contribution in [0.1, 0.15) is 23.6 Å². The molecule has 1 amide bonds. The van der Waals surface area contributed by atoms with E-state index in [9.17, 15) is 9.18 Å². The highest BCUT2D eigenvalue weighted by molar-refractivity contribution is 6.03. The summed E-state index contributed by atoms with van der Waals surface area (Å²) in [7, 11) is 0. The monoisotopic (exact) mass is 411 g/mol. The van der Waals surface area contributed by atoms with Gasteiger partial charge in [-0.05, 0) is 29.8 Å². The first-order valence-electron chi connectivity index (χ1n) is 10.0. The molecule has 0 aliphatic carbocycles. The molecule has 1 atom stereocenters. The van der Waals surface area contributed by atoms with E-state index in [1.165, 1.54) is 17.1 Å². The lowest BCUT2D eigenvalue weighted by molar-refractivity contribution is -0.135. The Bertz CT molecular complexity index is 990. The van der Waals surface area contributed by atoms with E-state index < -0.39 is 0 Å². The summed E-state index contributed by atoms with van der Waals surface area (Å²) in [5.41, 5.74) is 2.28. The summed E-state index contributed by atoms with van der Waals surface area (Å²) in [4.78, 5) is 15.2. The predicted molar refractivity (Wildman–Crippen MR) is 107 cm³/mol. The molecule has 3 heterocycles. The lowest BCUT2D eigenvalue weighted by atomic mass is 9.98. The molecule has 5 rings (SSSR count). The summed E-state index contributed by atoms with van der Waals surface area (Å²) in [6, 6.07) is 11.7. The number of benzene rings is 2. The normalized spacial score (nSPS) is 21.0. The number of morpholine rings is 1. The topological polar surface area (TPSA) is 63.6 Å². The number of carbonyl (C=O) groups is 1. The number of rotatable bonds is 4. The van der Waals surface area contributed by atoms with Gasteiger partial charge in [0.1, 0.15) is 5.82 Å². The van der Waals surface area contributed by atoms with Crippen molar-refractivity contribution in [3.8, 4) is 11.5 Å². The Balaban J connectivity index is 1.44. The average Bonchev–Trinajstić information content (AvgIpc) is 3.41. The van der Waals surface area contributed by atoms with Gasteiger partial charge in [0, 0.05) is 25.1 Å². The van der Waals surface area contributed by atoms with E-state index in [1.807, 2.05) is 24.3 Å². The Hall–Kier alpha value is -2.97. The van der Waals surface area contributed by atoms with Gasteiger partial charge in [0.2, 0.25) is 6.79 Å². The number of hydrogen-bond acceptors (Lipinski definition) is 6. The van der Waals surface area contributed by atoms with Gasteiger partial charge in [-0.15, -0.1) is 0 Å². The number of hydrogen-bond donors (Lipinski definition) is 0. The summed E-state index contributed by atoms with van der Waals surface area (Å²) in [6.45, 7) is 3.13. The van der Waals surface area contributed by atoms with E-state index in [1.54, 1.807) is 6.07 Å². The number of fused-ring (bicyclic) bond motifs is 1. The zero-order valence-electron chi connectivity index (χ0n) is 16.4. The number of nitrogens with zero attached hydrogens (tertiary/aromatic N) is 3. The standard InChI is InChI=1S/C22H22FN3O4/c23-17-3-1-2-15(10-17)18-12-19(16-4-5-20-21(11-16)30-14-29-20)26(24-18)22(27)13-25-6-8-28-9-7-25/h1-5,10-11,19H,6-9,12-14H2/t19-/m0/s1. The molecule has 2 aromatic carbocycles. The third-order valence-electron chi connectivity index (χ3n) is 5.57. The van der Waals surface area contributed by atoms with Gasteiger partial charge >= 0.3 is 0 Å². The fourth-order valence-corrected chi connectivity index (χ4v) is 3.99. The summed E-state index contributed by atoms with van der Waals surface area (Å²) >= 11 is 0. The fraction of sp³-hybridized carbons (Fsp3) is 0.364.